The number of aliphatic imine (C=N–C) groups is 1. The van der Waals surface area contributed by atoms with E-state index in [-0.39, 0.29) is 37.1 Å². The number of carbonyl (C=O) groups is 3. The Morgan fingerprint density at radius 3 is 2.53 bits per heavy atom. The molecule has 0 spiro atoms. The van der Waals surface area contributed by atoms with Crippen LogP contribution in [0.4, 0.5) is 11.4 Å². The second-order valence-corrected chi connectivity index (χ2v) is 9.25. The minimum Gasteiger partial charge on any atom is -0.478 e. The van der Waals surface area contributed by atoms with Gasteiger partial charge in [-0.15, -0.1) is 0 Å². The summed E-state index contributed by atoms with van der Waals surface area (Å²) in [7, 11) is 0. The van der Waals surface area contributed by atoms with Crippen LogP contribution in [0.15, 0.2) is 77.8 Å². The lowest BCUT2D eigenvalue weighted by molar-refractivity contribution is -0.128. The summed E-state index contributed by atoms with van der Waals surface area (Å²) in [5.74, 6) is -0.339. The van der Waals surface area contributed by atoms with Gasteiger partial charge in [0.05, 0.1) is 17.8 Å². The number of rotatable bonds is 7. The highest BCUT2D eigenvalue weighted by Gasteiger charge is 2.39. The fourth-order valence-corrected chi connectivity index (χ4v) is 4.94. The SMILES string of the molecule is O=C(CC1SC(=Nc2ccccc2)N(Cc2ccc3c(c2)OCO3)C1=O)Nc1ccc(C(=O)O)cc1. The Morgan fingerprint density at radius 2 is 1.78 bits per heavy atom. The second kappa shape index (κ2) is 10.1. The molecule has 1 fully saturated rings. The number of benzene rings is 3. The van der Waals surface area contributed by atoms with E-state index in [2.05, 4.69) is 10.3 Å². The molecule has 9 nitrogen and oxygen atoms in total. The number of carbonyl (C=O) groups excluding carboxylic acids is 2. The summed E-state index contributed by atoms with van der Waals surface area (Å²) < 4.78 is 10.8. The van der Waals surface area contributed by atoms with Gasteiger partial charge in [0.25, 0.3) is 0 Å². The lowest BCUT2D eigenvalue weighted by Crippen LogP contribution is -2.33. The normalized spacial score (nSPS) is 17.4. The van der Waals surface area contributed by atoms with Crippen LogP contribution in [0.2, 0.25) is 0 Å². The van der Waals surface area contributed by atoms with Gasteiger partial charge >= 0.3 is 5.97 Å². The Morgan fingerprint density at radius 1 is 1.03 bits per heavy atom. The minimum absolute atomic E-state index is 0.0599. The average molecular weight is 504 g/mol. The minimum atomic E-state index is -1.05. The third-order valence-electron chi connectivity index (χ3n) is 5.57. The first kappa shape index (κ1) is 23.4. The lowest BCUT2D eigenvalue weighted by Gasteiger charge is -2.17. The van der Waals surface area contributed by atoms with Crippen LogP contribution in [0.25, 0.3) is 0 Å². The van der Waals surface area contributed by atoms with Crippen LogP contribution in [0, 0.1) is 0 Å². The van der Waals surface area contributed by atoms with Gasteiger partial charge in [-0.1, -0.05) is 36.0 Å². The van der Waals surface area contributed by atoms with E-state index in [4.69, 9.17) is 14.6 Å². The molecule has 0 bridgehead atoms. The van der Waals surface area contributed by atoms with Crippen molar-refractivity contribution in [3.05, 3.63) is 83.9 Å². The number of anilines is 1. The molecular formula is C26H21N3O6S. The number of hydrogen-bond donors (Lipinski definition) is 2. The molecule has 36 heavy (non-hydrogen) atoms. The lowest BCUT2D eigenvalue weighted by atomic mass is 10.1. The van der Waals surface area contributed by atoms with Gasteiger partial charge in [-0.2, -0.15) is 0 Å². The zero-order valence-electron chi connectivity index (χ0n) is 18.9. The van der Waals surface area contributed by atoms with Gasteiger partial charge in [-0.05, 0) is 54.1 Å². The molecule has 1 atom stereocenters. The molecule has 10 heteroatoms. The average Bonchev–Trinajstić information content (AvgIpc) is 3.45. The van der Waals surface area contributed by atoms with E-state index in [1.807, 2.05) is 42.5 Å². The maximum absolute atomic E-state index is 13.4. The summed E-state index contributed by atoms with van der Waals surface area (Å²) >= 11 is 1.24. The Kier molecular flexibility index (Phi) is 6.59. The van der Waals surface area contributed by atoms with Crippen LogP contribution in [-0.4, -0.2) is 45.0 Å². The van der Waals surface area contributed by atoms with Crippen LogP contribution in [-0.2, 0) is 16.1 Å². The number of fused-ring (bicyclic) bond motifs is 1. The predicted molar refractivity (Wildman–Crippen MR) is 135 cm³/mol. The van der Waals surface area contributed by atoms with Crippen LogP contribution in [0.3, 0.4) is 0 Å². The van der Waals surface area contributed by atoms with E-state index in [1.165, 1.54) is 36.0 Å². The second-order valence-electron chi connectivity index (χ2n) is 8.08. The number of amidine groups is 1. The summed E-state index contributed by atoms with van der Waals surface area (Å²) in [6.45, 7) is 0.428. The summed E-state index contributed by atoms with van der Waals surface area (Å²) in [5.41, 5.74) is 2.12. The van der Waals surface area contributed by atoms with Gasteiger partial charge in [0.15, 0.2) is 16.7 Å². The maximum atomic E-state index is 13.4. The van der Waals surface area contributed by atoms with Gasteiger partial charge in [0, 0.05) is 12.1 Å². The molecule has 2 amide bonds. The van der Waals surface area contributed by atoms with Gasteiger partial charge in [-0.25, -0.2) is 9.79 Å². The van der Waals surface area contributed by atoms with Gasteiger partial charge in [-0.3, -0.25) is 14.5 Å². The van der Waals surface area contributed by atoms with Gasteiger partial charge in [0.1, 0.15) is 5.25 Å². The number of nitrogens with zero attached hydrogens (tertiary/aromatic N) is 2. The number of nitrogens with one attached hydrogen (secondary N) is 1. The molecule has 0 aliphatic carbocycles. The Hall–Kier alpha value is -4.31. The number of carboxylic acid groups (broad SMARTS) is 1. The number of thioether (sulfide) groups is 1. The highest BCUT2D eigenvalue weighted by molar-refractivity contribution is 8.15. The molecule has 2 aliphatic rings. The van der Waals surface area contributed by atoms with Crippen LogP contribution >= 0.6 is 11.8 Å². The number of hydrogen-bond acceptors (Lipinski definition) is 7. The van der Waals surface area contributed by atoms with Crippen molar-refractivity contribution < 1.29 is 29.0 Å². The number of carboxylic acids is 1. The third-order valence-corrected chi connectivity index (χ3v) is 6.74. The van der Waals surface area contributed by atoms with Crippen LogP contribution in [0.5, 0.6) is 11.5 Å². The first-order valence-corrected chi connectivity index (χ1v) is 12.0. The molecule has 3 aromatic rings. The van der Waals surface area contributed by atoms with Crippen molar-refractivity contribution >= 4 is 46.1 Å². The topological polar surface area (TPSA) is 118 Å². The molecule has 0 radical (unpaired) electrons. The van der Waals surface area contributed by atoms with Crippen molar-refractivity contribution in [2.24, 2.45) is 4.99 Å². The Balaban J connectivity index is 1.33. The van der Waals surface area contributed by atoms with E-state index >= 15 is 0 Å². The highest BCUT2D eigenvalue weighted by Crippen LogP contribution is 2.36. The summed E-state index contributed by atoms with van der Waals surface area (Å²) in [6.07, 6.45) is -0.0599. The van der Waals surface area contributed by atoms with Gasteiger partial charge < -0.3 is 19.9 Å². The standard InChI is InChI=1S/C26H21N3O6S/c30-23(27-19-9-7-17(8-10-19)25(32)33)13-22-24(31)29(26(36-22)28-18-4-2-1-3-5-18)14-16-6-11-20-21(12-16)35-15-34-20/h1-12,22H,13-15H2,(H,27,30)(H,32,33). The predicted octanol–water partition coefficient (Wildman–Crippen LogP) is 4.27. The van der Waals surface area contributed by atoms with Gasteiger partial charge in [0.2, 0.25) is 18.6 Å². The highest BCUT2D eigenvalue weighted by atomic mass is 32.2. The Bertz CT molecular complexity index is 1340. The number of para-hydroxylation sites is 1. The third kappa shape index (κ3) is 5.18. The van der Waals surface area contributed by atoms with Crippen molar-refractivity contribution in [1.29, 1.82) is 0 Å². The van der Waals surface area contributed by atoms with E-state index < -0.39 is 11.2 Å². The quantitative estimate of drug-likeness (QED) is 0.494. The molecule has 2 aliphatic heterocycles. The van der Waals surface area contributed by atoms with Crippen molar-refractivity contribution in [3.63, 3.8) is 0 Å². The molecule has 0 saturated carbocycles. The molecule has 5 rings (SSSR count). The maximum Gasteiger partial charge on any atom is 0.335 e. The molecule has 0 aromatic heterocycles. The fraction of sp³-hybridized carbons (Fsp3) is 0.154. The first-order chi connectivity index (χ1) is 17.5. The molecular weight excluding hydrogens is 482 g/mol. The fourth-order valence-electron chi connectivity index (χ4n) is 3.78. The van der Waals surface area contributed by atoms with Crippen LogP contribution in [0.1, 0.15) is 22.3 Å². The largest absolute Gasteiger partial charge is 0.478 e. The Labute approximate surface area is 210 Å². The molecule has 1 unspecified atom stereocenters. The van der Waals surface area contributed by atoms with Crippen LogP contribution < -0.4 is 14.8 Å². The molecule has 2 N–H and O–H groups in total. The summed E-state index contributed by atoms with van der Waals surface area (Å²) in [5, 5.41) is 11.6. The van der Waals surface area contributed by atoms with E-state index in [1.54, 1.807) is 11.0 Å². The molecule has 1 saturated heterocycles. The summed E-state index contributed by atoms with van der Waals surface area (Å²) in [4.78, 5) is 43.4. The molecule has 2 heterocycles. The summed E-state index contributed by atoms with van der Waals surface area (Å²) in [6, 6.07) is 20.7. The van der Waals surface area contributed by atoms with E-state index in [9.17, 15) is 14.4 Å². The van der Waals surface area contributed by atoms with Crippen molar-refractivity contribution in [2.45, 2.75) is 18.2 Å². The smallest absolute Gasteiger partial charge is 0.335 e. The van der Waals surface area contributed by atoms with Crippen molar-refractivity contribution in [2.75, 3.05) is 12.1 Å². The van der Waals surface area contributed by atoms with Crippen molar-refractivity contribution in [3.8, 4) is 11.5 Å². The van der Waals surface area contributed by atoms with E-state index in [0.717, 1.165) is 5.56 Å². The zero-order valence-corrected chi connectivity index (χ0v) is 19.7. The number of amides is 2. The molecule has 3 aromatic carbocycles. The number of aromatic carboxylic acids is 1. The number of ether oxygens (including phenoxy) is 2. The molecule has 182 valence electrons. The van der Waals surface area contributed by atoms with Crippen molar-refractivity contribution in [1.82, 2.24) is 4.90 Å². The monoisotopic (exact) mass is 503 g/mol. The zero-order chi connectivity index (χ0) is 25.1. The van der Waals surface area contributed by atoms with E-state index in [0.29, 0.717) is 28.0 Å². The first-order valence-electron chi connectivity index (χ1n) is 11.1.